The molecular formula is C10H11N5O3. The molecule has 1 aliphatic heterocycles. The van der Waals surface area contributed by atoms with E-state index in [4.69, 9.17) is 10.5 Å². The minimum atomic E-state index is -0.922. The lowest BCUT2D eigenvalue weighted by Crippen LogP contribution is -2.31. The quantitative estimate of drug-likeness (QED) is 0.665. The Labute approximate surface area is 102 Å². The number of phenols is 1. The number of hydrogen-bond acceptors (Lipinski definition) is 7. The summed E-state index contributed by atoms with van der Waals surface area (Å²) in [5.41, 5.74) is 8.01. The Balaban J connectivity index is 2.16. The van der Waals surface area contributed by atoms with Gasteiger partial charge in [-0.25, -0.2) is 5.43 Å². The van der Waals surface area contributed by atoms with Gasteiger partial charge in [0.1, 0.15) is 0 Å². The van der Waals surface area contributed by atoms with Crippen LogP contribution in [0.2, 0.25) is 0 Å². The van der Waals surface area contributed by atoms with Crippen molar-refractivity contribution < 1.29 is 14.6 Å². The van der Waals surface area contributed by atoms with Crippen LogP contribution in [0.1, 0.15) is 0 Å². The van der Waals surface area contributed by atoms with E-state index in [1.54, 1.807) is 6.07 Å². The van der Waals surface area contributed by atoms with Crippen LogP contribution in [0.3, 0.4) is 0 Å². The van der Waals surface area contributed by atoms with E-state index < -0.39 is 11.9 Å². The molecule has 0 saturated carbocycles. The predicted molar refractivity (Wildman–Crippen MR) is 62.7 cm³/mol. The number of azo groups is 1. The van der Waals surface area contributed by atoms with Gasteiger partial charge in [0.25, 0.3) is 5.91 Å². The zero-order valence-corrected chi connectivity index (χ0v) is 9.49. The van der Waals surface area contributed by atoms with Crippen LogP contribution in [0.4, 0.5) is 5.69 Å². The molecule has 18 heavy (non-hydrogen) atoms. The summed E-state index contributed by atoms with van der Waals surface area (Å²) >= 11 is 0. The van der Waals surface area contributed by atoms with E-state index in [1.165, 1.54) is 19.2 Å². The fourth-order valence-corrected chi connectivity index (χ4v) is 1.35. The topological polar surface area (TPSA) is 122 Å². The molecule has 1 unspecified atom stereocenters. The van der Waals surface area contributed by atoms with Gasteiger partial charge >= 0.3 is 0 Å². The fraction of sp³-hybridized carbons (Fsp3) is 0.200. The lowest BCUT2D eigenvalue weighted by atomic mass is 10.3. The normalized spacial score (nSPS) is 18.8. The van der Waals surface area contributed by atoms with Gasteiger partial charge in [-0.05, 0) is 12.1 Å². The number of amides is 1. The second-order valence-electron chi connectivity index (χ2n) is 3.49. The van der Waals surface area contributed by atoms with E-state index in [1.807, 2.05) is 0 Å². The summed E-state index contributed by atoms with van der Waals surface area (Å²) in [6.45, 7) is 0. The number of nitrogens with zero attached hydrogens (tertiary/aromatic N) is 3. The van der Waals surface area contributed by atoms with Gasteiger partial charge in [-0.15, -0.1) is 0 Å². The van der Waals surface area contributed by atoms with E-state index in [2.05, 4.69) is 20.8 Å². The first kappa shape index (κ1) is 11.8. The maximum Gasteiger partial charge on any atom is 0.274 e. The molecule has 1 heterocycles. The molecule has 0 aliphatic carbocycles. The van der Waals surface area contributed by atoms with Crippen molar-refractivity contribution in [2.24, 2.45) is 21.1 Å². The van der Waals surface area contributed by atoms with Gasteiger partial charge in [0, 0.05) is 6.07 Å². The number of benzene rings is 1. The van der Waals surface area contributed by atoms with Crippen LogP contribution in [0.25, 0.3) is 0 Å². The number of nitrogens with two attached hydrogens (primary N) is 1. The Kier molecular flexibility index (Phi) is 3.09. The van der Waals surface area contributed by atoms with Crippen molar-refractivity contribution in [1.82, 2.24) is 5.43 Å². The molecule has 8 nitrogen and oxygen atoms in total. The number of hydrazone groups is 1. The van der Waals surface area contributed by atoms with Crippen molar-refractivity contribution >= 4 is 17.4 Å². The van der Waals surface area contributed by atoms with Gasteiger partial charge in [-0.2, -0.15) is 15.3 Å². The second-order valence-corrected chi connectivity index (χ2v) is 3.49. The summed E-state index contributed by atoms with van der Waals surface area (Å²) in [5.74, 6) is -0.115. The Bertz CT molecular complexity index is 540. The average molecular weight is 249 g/mol. The highest BCUT2D eigenvalue weighted by Crippen LogP contribution is 2.30. The zero-order chi connectivity index (χ0) is 13.1. The summed E-state index contributed by atoms with van der Waals surface area (Å²) in [6.07, 6.45) is 0. The highest BCUT2D eigenvalue weighted by Gasteiger charge is 2.27. The number of nitrogens with one attached hydrogen (secondary N) is 1. The summed E-state index contributed by atoms with van der Waals surface area (Å²) in [4.78, 5) is 11.2. The Hall–Kier alpha value is -2.64. The van der Waals surface area contributed by atoms with Gasteiger partial charge < -0.3 is 15.6 Å². The van der Waals surface area contributed by atoms with Crippen molar-refractivity contribution in [3.05, 3.63) is 18.2 Å². The molecule has 0 bridgehead atoms. The lowest BCUT2D eigenvalue weighted by Gasteiger charge is -2.03. The smallest absolute Gasteiger partial charge is 0.274 e. The molecule has 0 spiro atoms. The van der Waals surface area contributed by atoms with Crippen LogP contribution in [0.15, 0.2) is 33.5 Å². The van der Waals surface area contributed by atoms with Crippen molar-refractivity contribution in [2.45, 2.75) is 6.04 Å². The van der Waals surface area contributed by atoms with Crippen LogP contribution >= 0.6 is 0 Å². The third kappa shape index (κ3) is 2.21. The molecule has 0 fully saturated rings. The number of amidine groups is 1. The molecule has 1 aromatic carbocycles. The molecule has 94 valence electrons. The first-order valence-electron chi connectivity index (χ1n) is 5.02. The van der Waals surface area contributed by atoms with Crippen molar-refractivity contribution in [2.75, 3.05) is 7.11 Å². The predicted octanol–water partition coefficient (Wildman–Crippen LogP) is 0.255. The number of ether oxygens (including phenoxy) is 1. The summed E-state index contributed by atoms with van der Waals surface area (Å²) in [6, 6.07) is 3.56. The highest BCUT2D eigenvalue weighted by atomic mass is 16.5. The number of methoxy groups -OCH3 is 1. The van der Waals surface area contributed by atoms with Crippen LogP contribution < -0.4 is 15.9 Å². The van der Waals surface area contributed by atoms with Gasteiger partial charge in [-0.3, -0.25) is 4.79 Å². The van der Waals surface area contributed by atoms with Crippen LogP contribution in [-0.4, -0.2) is 30.0 Å². The number of hydrogen-bond donors (Lipinski definition) is 3. The summed E-state index contributed by atoms with van der Waals surface area (Å²) < 4.78 is 4.89. The molecule has 2 rings (SSSR count). The number of carbonyl (C=O) groups is 1. The molecular weight excluding hydrogens is 238 g/mol. The highest BCUT2D eigenvalue weighted by molar-refractivity contribution is 6.10. The molecule has 0 radical (unpaired) electrons. The lowest BCUT2D eigenvalue weighted by molar-refractivity contribution is -0.120. The molecule has 8 heteroatoms. The van der Waals surface area contributed by atoms with Crippen LogP contribution in [0, 0.1) is 0 Å². The Morgan fingerprint density at radius 2 is 2.33 bits per heavy atom. The maximum absolute atomic E-state index is 11.2. The van der Waals surface area contributed by atoms with Gasteiger partial charge in [-0.1, -0.05) is 0 Å². The minimum absolute atomic E-state index is 0.0569. The molecule has 1 aliphatic rings. The Morgan fingerprint density at radius 3 is 2.89 bits per heavy atom. The molecule has 1 amide bonds. The maximum atomic E-state index is 11.2. The molecule has 0 aromatic heterocycles. The SMILES string of the molecule is COc1ccc(/N=N/C2C(=O)NN=C2N)cc1O. The third-order valence-corrected chi connectivity index (χ3v) is 2.27. The van der Waals surface area contributed by atoms with E-state index >= 15 is 0 Å². The first-order valence-corrected chi connectivity index (χ1v) is 5.02. The van der Waals surface area contributed by atoms with Crippen LogP contribution in [-0.2, 0) is 4.79 Å². The average Bonchev–Trinajstić information content (AvgIpc) is 2.67. The van der Waals surface area contributed by atoms with Crippen LogP contribution in [0.5, 0.6) is 11.5 Å². The third-order valence-electron chi connectivity index (χ3n) is 2.27. The standard InChI is InChI=1S/C10H11N5O3/c1-18-7-3-2-5(4-6(7)16)12-13-8-9(11)14-15-10(8)17/h2-4,8,16H,1H3,(H2,11,14)(H,15,17)/b13-12+. The number of aromatic hydroxyl groups is 1. The number of rotatable bonds is 3. The van der Waals surface area contributed by atoms with Crippen molar-refractivity contribution in [1.29, 1.82) is 0 Å². The van der Waals surface area contributed by atoms with Gasteiger partial charge in [0.15, 0.2) is 17.3 Å². The first-order chi connectivity index (χ1) is 8.61. The second kappa shape index (κ2) is 4.70. The van der Waals surface area contributed by atoms with Gasteiger partial charge in [0.2, 0.25) is 6.04 Å². The van der Waals surface area contributed by atoms with E-state index in [0.717, 1.165) is 0 Å². The molecule has 0 saturated heterocycles. The van der Waals surface area contributed by atoms with Crippen molar-refractivity contribution in [3.8, 4) is 11.5 Å². The number of phenolic OH excluding ortho intramolecular Hbond substituents is 1. The van der Waals surface area contributed by atoms with Crippen molar-refractivity contribution in [3.63, 3.8) is 0 Å². The molecule has 1 aromatic rings. The summed E-state index contributed by atoms with van der Waals surface area (Å²) in [7, 11) is 1.44. The Morgan fingerprint density at radius 1 is 1.56 bits per heavy atom. The number of carbonyl (C=O) groups excluding carboxylic acids is 1. The van der Waals surface area contributed by atoms with E-state index in [9.17, 15) is 9.90 Å². The zero-order valence-electron chi connectivity index (χ0n) is 9.49. The molecule has 1 atom stereocenters. The largest absolute Gasteiger partial charge is 0.504 e. The fourth-order valence-electron chi connectivity index (χ4n) is 1.35. The minimum Gasteiger partial charge on any atom is -0.504 e. The van der Waals surface area contributed by atoms with E-state index in [0.29, 0.717) is 11.4 Å². The monoisotopic (exact) mass is 249 g/mol. The van der Waals surface area contributed by atoms with E-state index in [-0.39, 0.29) is 11.6 Å². The molecule has 4 N–H and O–H groups in total. The van der Waals surface area contributed by atoms with Gasteiger partial charge in [0.05, 0.1) is 12.8 Å². The summed E-state index contributed by atoms with van der Waals surface area (Å²) in [5, 5.41) is 20.6.